The lowest BCUT2D eigenvalue weighted by Crippen LogP contribution is -2.44. The molecule has 3 heterocycles. The first-order valence-electron chi connectivity index (χ1n) is 11.7. The Balaban J connectivity index is 1.50. The van der Waals surface area contributed by atoms with E-state index in [1.807, 2.05) is 73.5 Å². The number of fused-ring (bicyclic) bond motifs is 5. The third-order valence-corrected chi connectivity index (χ3v) is 7.70. The van der Waals surface area contributed by atoms with Crippen LogP contribution in [0.1, 0.15) is 38.7 Å². The number of halogens is 1. The fraction of sp³-hybridized carbons (Fsp3) is 0.207. The van der Waals surface area contributed by atoms with E-state index in [0.29, 0.717) is 16.3 Å². The van der Waals surface area contributed by atoms with E-state index in [9.17, 15) is 14.4 Å². The van der Waals surface area contributed by atoms with Gasteiger partial charge >= 0.3 is 0 Å². The molecule has 3 aromatic carbocycles. The predicted octanol–water partition coefficient (Wildman–Crippen LogP) is 5.36. The summed E-state index contributed by atoms with van der Waals surface area (Å²) in [6.45, 7) is 3.88. The normalized spacial score (nSPS) is 24.4. The number of nitrogens with zero attached hydrogens (tertiary/aromatic N) is 2. The summed E-state index contributed by atoms with van der Waals surface area (Å²) in [4.78, 5) is 45.1. The summed E-state index contributed by atoms with van der Waals surface area (Å²) in [7, 11) is 0. The number of benzene rings is 3. The zero-order chi connectivity index (χ0) is 24.4. The molecule has 0 N–H and O–H groups in total. The van der Waals surface area contributed by atoms with Crippen molar-refractivity contribution in [2.45, 2.75) is 25.9 Å². The Hall–Kier alpha value is -3.70. The van der Waals surface area contributed by atoms with Crippen LogP contribution in [-0.2, 0) is 9.59 Å². The Morgan fingerprint density at radius 3 is 2.34 bits per heavy atom. The van der Waals surface area contributed by atoms with Crippen molar-refractivity contribution in [3.63, 3.8) is 0 Å². The van der Waals surface area contributed by atoms with Crippen LogP contribution in [0.3, 0.4) is 0 Å². The molecular formula is C29H23ClN2O3. The van der Waals surface area contributed by atoms with Crippen LogP contribution in [0.4, 0.5) is 5.69 Å². The van der Waals surface area contributed by atoms with E-state index in [-0.39, 0.29) is 17.6 Å². The molecule has 174 valence electrons. The number of carbonyl (C=O) groups excluding carboxylic acids is 3. The molecule has 0 radical (unpaired) electrons. The summed E-state index contributed by atoms with van der Waals surface area (Å²) in [6.07, 6.45) is 3.82. The molecule has 0 bridgehead atoms. The van der Waals surface area contributed by atoms with Crippen LogP contribution in [0.25, 0.3) is 6.08 Å². The van der Waals surface area contributed by atoms with E-state index in [2.05, 4.69) is 0 Å². The van der Waals surface area contributed by atoms with Crippen molar-refractivity contribution in [1.29, 1.82) is 0 Å². The van der Waals surface area contributed by atoms with E-state index in [4.69, 9.17) is 11.6 Å². The van der Waals surface area contributed by atoms with E-state index >= 15 is 0 Å². The van der Waals surface area contributed by atoms with Crippen molar-refractivity contribution in [2.75, 3.05) is 4.90 Å². The van der Waals surface area contributed by atoms with Gasteiger partial charge in [-0.1, -0.05) is 53.6 Å². The van der Waals surface area contributed by atoms with E-state index < -0.39 is 23.9 Å². The Morgan fingerprint density at radius 1 is 0.886 bits per heavy atom. The molecule has 6 heteroatoms. The molecule has 35 heavy (non-hydrogen) atoms. The zero-order valence-corrected chi connectivity index (χ0v) is 20.1. The molecule has 3 aromatic rings. The molecule has 3 aliphatic rings. The van der Waals surface area contributed by atoms with Gasteiger partial charge in [0.1, 0.15) is 6.04 Å². The van der Waals surface area contributed by atoms with Crippen LogP contribution in [0, 0.1) is 25.7 Å². The van der Waals surface area contributed by atoms with Gasteiger partial charge in [-0.2, -0.15) is 0 Å². The summed E-state index contributed by atoms with van der Waals surface area (Å²) in [5, 5.41) is 0.531. The fourth-order valence-corrected chi connectivity index (χ4v) is 6.06. The predicted molar refractivity (Wildman–Crippen MR) is 135 cm³/mol. The second kappa shape index (κ2) is 7.92. The topological polar surface area (TPSA) is 57.7 Å². The number of anilines is 1. The maximum absolute atomic E-state index is 14.0. The maximum atomic E-state index is 14.0. The Bertz CT molecular complexity index is 1430. The lowest BCUT2D eigenvalue weighted by Gasteiger charge is -2.35. The average Bonchev–Trinajstić information content (AvgIpc) is 3.32. The minimum atomic E-state index is -0.789. The van der Waals surface area contributed by atoms with Crippen LogP contribution < -0.4 is 4.90 Å². The number of imide groups is 1. The first-order valence-corrected chi connectivity index (χ1v) is 12.0. The molecule has 2 amide bonds. The summed E-state index contributed by atoms with van der Waals surface area (Å²) in [6, 6.07) is 19.1. The first kappa shape index (κ1) is 21.8. The highest BCUT2D eigenvalue weighted by atomic mass is 35.5. The van der Waals surface area contributed by atoms with Gasteiger partial charge in [-0.15, -0.1) is 0 Å². The molecule has 2 saturated heterocycles. The van der Waals surface area contributed by atoms with Gasteiger partial charge in [-0.05, 0) is 66.9 Å². The summed E-state index contributed by atoms with van der Waals surface area (Å²) in [5.41, 5.74) is 4.92. The SMILES string of the molecule is Cc1ccc(N2C(=O)[C@@H]3[C@H](C2=O)[C@@H]2c4ccccc4C=CN2[C@@H]3C(=O)c2ccc(Cl)cc2)c(C)c1. The lowest BCUT2D eigenvalue weighted by molar-refractivity contribution is -0.123. The molecular weight excluding hydrogens is 460 g/mol. The second-order valence-corrected chi connectivity index (χ2v) is 9.94. The Kier molecular flexibility index (Phi) is 4.94. The van der Waals surface area contributed by atoms with Gasteiger partial charge in [-0.25, -0.2) is 4.90 Å². The molecule has 0 aliphatic carbocycles. The highest BCUT2D eigenvalue weighted by molar-refractivity contribution is 6.30. The van der Waals surface area contributed by atoms with Crippen molar-refractivity contribution in [3.8, 4) is 0 Å². The smallest absolute Gasteiger partial charge is 0.240 e. The Labute approximate surface area is 208 Å². The molecule has 4 atom stereocenters. The van der Waals surface area contributed by atoms with Crippen LogP contribution in [0.5, 0.6) is 0 Å². The van der Waals surface area contributed by atoms with Gasteiger partial charge in [0.2, 0.25) is 11.8 Å². The number of carbonyl (C=O) groups is 3. The van der Waals surface area contributed by atoms with Crippen molar-refractivity contribution in [3.05, 3.63) is 106 Å². The fourth-order valence-electron chi connectivity index (χ4n) is 5.94. The minimum absolute atomic E-state index is 0.188. The van der Waals surface area contributed by atoms with E-state index in [1.165, 1.54) is 4.90 Å². The zero-order valence-electron chi connectivity index (χ0n) is 19.3. The maximum Gasteiger partial charge on any atom is 0.240 e. The van der Waals surface area contributed by atoms with Crippen molar-refractivity contribution < 1.29 is 14.4 Å². The molecule has 5 nitrogen and oxygen atoms in total. The highest BCUT2D eigenvalue weighted by Gasteiger charge is 2.64. The van der Waals surface area contributed by atoms with Crippen LogP contribution in [-0.4, -0.2) is 28.5 Å². The summed E-state index contributed by atoms with van der Waals surface area (Å²) >= 11 is 6.05. The molecule has 0 unspecified atom stereocenters. The number of ketones is 1. The highest BCUT2D eigenvalue weighted by Crippen LogP contribution is 2.54. The molecule has 0 spiro atoms. The second-order valence-electron chi connectivity index (χ2n) is 9.51. The largest absolute Gasteiger partial charge is 0.358 e. The minimum Gasteiger partial charge on any atom is -0.358 e. The number of hydrogen-bond donors (Lipinski definition) is 0. The van der Waals surface area contributed by atoms with Gasteiger partial charge in [0.25, 0.3) is 0 Å². The van der Waals surface area contributed by atoms with Gasteiger partial charge in [0.15, 0.2) is 5.78 Å². The van der Waals surface area contributed by atoms with Crippen molar-refractivity contribution in [2.24, 2.45) is 11.8 Å². The molecule has 0 aromatic heterocycles. The van der Waals surface area contributed by atoms with E-state index in [1.54, 1.807) is 24.3 Å². The quantitative estimate of drug-likeness (QED) is 0.373. The third-order valence-electron chi connectivity index (χ3n) is 7.45. The van der Waals surface area contributed by atoms with Gasteiger partial charge in [0, 0.05) is 16.8 Å². The van der Waals surface area contributed by atoms with Crippen LogP contribution in [0.2, 0.25) is 5.02 Å². The number of amides is 2. The average molecular weight is 483 g/mol. The van der Waals surface area contributed by atoms with Crippen LogP contribution in [0.15, 0.2) is 72.9 Å². The number of hydrogen-bond acceptors (Lipinski definition) is 4. The van der Waals surface area contributed by atoms with Gasteiger partial charge in [-0.3, -0.25) is 14.4 Å². The third kappa shape index (κ3) is 3.18. The number of aryl methyl sites for hydroxylation is 2. The lowest BCUT2D eigenvalue weighted by atomic mass is 9.83. The molecule has 0 saturated carbocycles. The number of rotatable bonds is 3. The monoisotopic (exact) mass is 482 g/mol. The van der Waals surface area contributed by atoms with Crippen molar-refractivity contribution >= 4 is 41.0 Å². The standard InChI is InChI=1S/C29H23ClN2O3/c1-16-7-12-22(17(2)15-16)32-28(34)23-24(29(32)35)26(27(33)19-8-10-20(30)11-9-19)31-14-13-18-5-3-4-6-21(18)25(23)31/h3-15,23-26H,1-2H3/t23-,24+,25-,26-/m0/s1. The Morgan fingerprint density at radius 2 is 1.60 bits per heavy atom. The molecule has 2 fully saturated rings. The van der Waals surface area contributed by atoms with Gasteiger partial charge < -0.3 is 4.90 Å². The molecule has 6 rings (SSSR count). The van der Waals surface area contributed by atoms with Gasteiger partial charge in [0.05, 0.1) is 23.6 Å². The summed E-state index contributed by atoms with van der Waals surface area (Å²) in [5.74, 6) is -2.20. The first-order chi connectivity index (χ1) is 16.9. The number of Topliss-reactive ketones (excluding diaryl/α,β-unsaturated/α-hetero) is 1. The summed E-state index contributed by atoms with van der Waals surface area (Å²) < 4.78 is 0. The molecule has 3 aliphatic heterocycles. The van der Waals surface area contributed by atoms with E-state index in [0.717, 1.165) is 22.3 Å². The van der Waals surface area contributed by atoms with Crippen molar-refractivity contribution in [1.82, 2.24) is 4.90 Å². The van der Waals surface area contributed by atoms with Crippen LogP contribution >= 0.6 is 11.6 Å².